The van der Waals surface area contributed by atoms with Crippen molar-refractivity contribution in [3.05, 3.63) is 0 Å². The van der Waals surface area contributed by atoms with Crippen LogP contribution in [0.4, 0.5) is 4.79 Å². The zero-order chi connectivity index (χ0) is 4.28. The molecule has 0 aromatic carbocycles. The summed E-state index contributed by atoms with van der Waals surface area (Å²) in [4.78, 5) is 9.07. The van der Waals surface area contributed by atoms with Gasteiger partial charge in [-0.2, -0.15) is 0 Å². The van der Waals surface area contributed by atoms with Crippen LogP contribution in [0, 0.1) is 0 Å². The topological polar surface area (TPSA) is 43.1 Å². The Kier molecular flexibility index (Phi) is 2.65. The molecule has 2 N–H and O–H groups in total. The van der Waals surface area contributed by atoms with Gasteiger partial charge in [0.25, 0.3) is 0 Å². The number of carbonyl (C=O) groups is 1. The van der Waals surface area contributed by atoms with Gasteiger partial charge in [-0.3, -0.25) is 0 Å². The van der Waals surface area contributed by atoms with Crippen LogP contribution in [-0.4, -0.2) is 18.9 Å². The van der Waals surface area contributed by atoms with Gasteiger partial charge in [-0.15, -0.1) is 0 Å². The van der Waals surface area contributed by atoms with Gasteiger partial charge in [0, 0.05) is 0 Å². The van der Waals surface area contributed by atoms with Crippen LogP contribution in [0.25, 0.3) is 0 Å². The maximum atomic E-state index is 9.49. The van der Waals surface area contributed by atoms with Gasteiger partial charge in [0.1, 0.15) is 0 Å². The van der Waals surface area contributed by atoms with Crippen molar-refractivity contribution in [1.82, 2.24) is 0 Å². The van der Waals surface area contributed by atoms with Crippen LogP contribution in [0.3, 0.4) is 0 Å². The molecule has 0 aliphatic heterocycles. The summed E-state index contributed by atoms with van der Waals surface area (Å²) in [5, 5.41) is 0. The Morgan fingerprint density at radius 1 is 2.00 bits per heavy atom. The van der Waals surface area contributed by atoms with Crippen LogP contribution in [0.5, 0.6) is 0 Å². The Morgan fingerprint density at radius 2 is 2.20 bits per heavy atom. The first-order chi connectivity index (χ1) is 2.27. The van der Waals surface area contributed by atoms with E-state index < -0.39 is 18.9 Å². The summed E-state index contributed by atoms with van der Waals surface area (Å²) in [6.45, 7) is 0. The van der Waals surface area contributed by atoms with E-state index in [2.05, 4.69) is 5.73 Å². The Morgan fingerprint density at radius 3 is 2.20 bits per heavy atom. The minimum atomic E-state index is -0.514. The molecule has 0 saturated carbocycles. The molecular weight excluding hydrogens is 156 g/mol. The number of hydrogen-bond acceptors (Lipinski definition) is 1. The van der Waals surface area contributed by atoms with Crippen LogP contribution in [0.15, 0.2) is 0 Å². The molecule has 0 saturated heterocycles. The van der Waals surface area contributed by atoms with Crippen LogP contribution in [0.1, 0.15) is 0 Å². The van der Waals surface area contributed by atoms with Crippen molar-refractivity contribution in [3.8, 4) is 0 Å². The van der Waals surface area contributed by atoms with Crippen LogP contribution in [0.2, 0.25) is 0 Å². The molecule has 0 atom stereocenters. The number of halogens is 1. The predicted molar refractivity (Wildman–Crippen MR) is 21.2 cm³/mol. The zero-order valence-corrected chi connectivity index (χ0v) is 4.74. The molecule has 4 heteroatoms. The van der Waals surface area contributed by atoms with Crippen molar-refractivity contribution in [2.24, 2.45) is 5.73 Å². The van der Waals surface area contributed by atoms with Crippen molar-refractivity contribution >= 4 is 28.9 Å². The van der Waals surface area contributed by atoms with Gasteiger partial charge in [-0.1, -0.05) is 0 Å². The van der Waals surface area contributed by atoms with Gasteiger partial charge in [-0.05, 0) is 0 Å². The number of carbonyl (C=O) groups excluding carboxylic acids is 1. The van der Waals surface area contributed by atoms with E-state index in [0.29, 0.717) is 0 Å². The number of rotatable bonds is 1. The second kappa shape index (κ2) is 2.51. The average Bonchev–Trinajstić information content (AvgIpc) is 1.38. The number of nitrogens with two attached hydrogens (primary N) is 1. The Labute approximate surface area is 40.1 Å². The normalized spacial score (nSPS) is 7.40. The van der Waals surface area contributed by atoms with E-state index in [1.165, 1.54) is 0 Å². The Hall–Kier alpha value is 0.279. The number of amides is 1. The summed E-state index contributed by atoms with van der Waals surface area (Å²) in [5.41, 5.74) is 4.55. The average molecular weight is 158 g/mol. The molecular formula is CH2ClNOSe. The quantitative estimate of drug-likeness (QED) is 0.533. The van der Waals surface area contributed by atoms with Gasteiger partial charge >= 0.3 is 39.5 Å². The van der Waals surface area contributed by atoms with Crippen LogP contribution >= 0.6 is 10.1 Å². The third kappa shape index (κ3) is 4.28. The molecule has 1 amide bonds. The molecule has 0 bridgehead atoms. The van der Waals surface area contributed by atoms with Crippen molar-refractivity contribution < 1.29 is 4.79 Å². The fraction of sp³-hybridized carbons (Fsp3) is 0. The first-order valence-corrected chi connectivity index (χ1v) is 3.96. The van der Waals surface area contributed by atoms with Crippen LogP contribution in [-0.2, 0) is 0 Å². The molecule has 5 heavy (non-hydrogen) atoms. The third-order valence-corrected chi connectivity index (χ3v) is 1.19. The molecule has 0 radical (unpaired) electrons. The maximum absolute atomic E-state index is 9.49. The fourth-order valence-electron chi connectivity index (χ4n) is 0. The second-order valence-corrected chi connectivity index (χ2v) is 2.37. The summed E-state index contributed by atoms with van der Waals surface area (Å²) in [5.74, 6) is 0. The first-order valence-electron chi connectivity index (χ1n) is 0.851. The van der Waals surface area contributed by atoms with E-state index in [1.54, 1.807) is 0 Å². The van der Waals surface area contributed by atoms with E-state index in [0.717, 1.165) is 0 Å². The third-order valence-electron chi connectivity index (χ3n) is 0.0760. The summed E-state index contributed by atoms with van der Waals surface area (Å²) < 4.78 is 0. The van der Waals surface area contributed by atoms with E-state index in [1.807, 2.05) is 0 Å². The van der Waals surface area contributed by atoms with E-state index in [-0.39, 0.29) is 0 Å². The first kappa shape index (κ1) is 5.28. The van der Waals surface area contributed by atoms with Gasteiger partial charge in [-0.25, -0.2) is 0 Å². The summed E-state index contributed by atoms with van der Waals surface area (Å²) >= 11 is -0.514. The molecule has 2 nitrogen and oxygen atoms in total. The second-order valence-electron chi connectivity index (χ2n) is 0.396. The molecule has 0 aliphatic carbocycles. The summed E-state index contributed by atoms with van der Waals surface area (Å²) in [6.07, 6.45) is 0. The van der Waals surface area contributed by atoms with E-state index in [4.69, 9.17) is 10.1 Å². The number of primary amides is 1. The molecule has 0 aliphatic rings. The van der Waals surface area contributed by atoms with E-state index in [9.17, 15) is 4.79 Å². The molecule has 0 rings (SSSR count). The molecule has 0 aromatic rings. The number of hydrogen-bond donors (Lipinski definition) is 1. The predicted octanol–water partition coefficient (Wildman–Crippen LogP) is -0.0769. The van der Waals surface area contributed by atoms with Gasteiger partial charge in [0.2, 0.25) is 0 Å². The van der Waals surface area contributed by atoms with Crippen LogP contribution < -0.4 is 5.73 Å². The molecule has 30 valence electrons. The standard InChI is InChI=1S/CH2ClNOSe/c2-5-1(3)4/h(H2,3,4). The van der Waals surface area contributed by atoms with Gasteiger partial charge in [0.05, 0.1) is 0 Å². The molecule has 0 spiro atoms. The summed E-state index contributed by atoms with van der Waals surface area (Å²) in [6, 6.07) is 0. The minimum absolute atomic E-state index is 0.417. The van der Waals surface area contributed by atoms with Crippen molar-refractivity contribution in [1.29, 1.82) is 0 Å². The monoisotopic (exact) mass is 159 g/mol. The molecule has 0 fully saturated rings. The van der Waals surface area contributed by atoms with Crippen molar-refractivity contribution in [3.63, 3.8) is 0 Å². The van der Waals surface area contributed by atoms with Gasteiger partial charge in [0.15, 0.2) is 0 Å². The Balaban J connectivity index is 2.85. The summed E-state index contributed by atoms with van der Waals surface area (Å²) in [7, 11) is 4.92. The van der Waals surface area contributed by atoms with Crippen molar-refractivity contribution in [2.75, 3.05) is 0 Å². The molecule has 0 heterocycles. The fourth-order valence-corrected chi connectivity index (χ4v) is 0. The van der Waals surface area contributed by atoms with Crippen molar-refractivity contribution in [2.45, 2.75) is 0 Å². The van der Waals surface area contributed by atoms with E-state index >= 15 is 0 Å². The van der Waals surface area contributed by atoms with Gasteiger partial charge < -0.3 is 0 Å². The molecule has 0 aromatic heterocycles. The molecule has 0 unspecified atom stereocenters. The SMILES string of the molecule is NC(=O)[Se]Cl. The Bertz CT molecular complexity index is 46.9. The zero-order valence-electron chi connectivity index (χ0n) is 2.27.